The molecule has 2 N–H and O–H groups in total. The third-order valence-electron chi connectivity index (χ3n) is 4.03. The Labute approximate surface area is 114 Å². The Morgan fingerprint density at radius 3 is 2.95 bits per heavy atom. The second kappa shape index (κ2) is 5.33. The highest BCUT2D eigenvalue weighted by Crippen LogP contribution is 2.32. The van der Waals surface area contributed by atoms with Crippen LogP contribution in [-0.4, -0.2) is 32.9 Å². The Hall–Kier alpha value is -1.36. The standard InChI is InChI=1S/C14H23N3O2/c1-10-5-4-6-14(7-10,9-18)15-13(19)12-8-17(3)16-11(12)2/h8,10,18H,4-7,9H2,1-3H3,(H,15,19). The van der Waals surface area contributed by atoms with Gasteiger partial charge in [-0.15, -0.1) is 0 Å². The average molecular weight is 265 g/mol. The van der Waals surface area contributed by atoms with Crippen LogP contribution in [0.5, 0.6) is 0 Å². The number of hydrogen-bond acceptors (Lipinski definition) is 3. The van der Waals surface area contributed by atoms with Crippen molar-refractivity contribution in [1.82, 2.24) is 15.1 Å². The quantitative estimate of drug-likeness (QED) is 0.868. The Morgan fingerprint density at radius 1 is 1.68 bits per heavy atom. The lowest BCUT2D eigenvalue weighted by atomic mass is 9.76. The number of aliphatic hydroxyl groups excluding tert-OH is 1. The molecule has 1 heterocycles. The average Bonchev–Trinajstić information content (AvgIpc) is 2.68. The van der Waals surface area contributed by atoms with Gasteiger partial charge in [-0.05, 0) is 25.7 Å². The lowest BCUT2D eigenvalue weighted by Gasteiger charge is -2.39. The van der Waals surface area contributed by atoms with E-state index in [0.717, 1.165) is 25.0 Å². The van der Waals surface area contributed by atoms with Crippen LogP contribution in [0.4, 0.5) is 0 Å². The zero-order valence-electron chi connectivity index (χ0n) is 11.9. The fraction of sp³-hybridized carbons (Fsp3) is 0.714. The summed E-state index contributed by atoms with van der Waals surface area (Å²) in [6.45, 7) is 4.00. The van der Waals surface area contributed by atoms with Crippen LogP contribution in [0, 0.1) is 12.8 Å². The predicted molar refractivity (Wildman–Crippen MR) is 72.9 cm³/mol. The fourth-order valence-corrected chi connectivity index (χ4v) is 3.09. The molecular weight excluding hydrogens is 242 g/mol. The Bertz CT molecular complexity index is 469. The highest BCUT2D eigenvalue weighted by molar-refractivity contribution is 5.95. The summed E-state index contributed by atoms with van der Waals surface area (Å²) in [4.78, 5) is 12.3. The van der Waals surface area contributed by atoms with Crippen molar-refractivity contribution < 1.29 is 9.90 Å². The largest absolute Gasteiger partial charge is 0.394 e. The van der Waals surface area contributed by atoms with Crippen molar-refractivity contribution in [2.75, 3.05) is 6.61 Å². The molecule has 1 fully saturated rings. The van der Waals surface area contributed by atoms with Crippen LogP contribution in [0.3, 0.4) is 0 Å². The normalized spacial score (nSPS) is 27.3. The highest BCUT2D eigenvalue weighted by atomic mass is 16.3. The van der Waals surface area contributed by atoms with E-state index < -0.39 is 5.54 Å². The summed E-state index contributed by atoms with van der Waals surface area (Å²) < 4.78 is 1.64. The molecule has 1 aliphatic carbocycles. The van der Waals surface area contributed by atoms with Crippen molar-refractivity contribution >= 4 is 5.91 Å². The zero-order valence-corrected chi connectivity index (χ0v) is 11.9. The van der Waals surface area contributed by atoms with Gasteiger partial charge in [-0.25, -0.2) is 0 Å². The molecule has 1 amide bonds. The molecule has 5 heteroatoms. The first-order chi connectivity index (χ1) is 8.96. The molecule has 1 saturated carbocycles. The van der Waals surface area contributed by atoms with Crippen LogP contribution in [0.2, 0.25) is 0 Å². The van der Waals surface area contributed by atoms with Crippen molar-refractivity contribution in [3.05, 3.63) is 17.5 Å². The van der Waals surface area contributed by atoms with Gasteiger partial charge in [0.1, 0.15) is 0 Å². The molecular formula is C14H23N3O2. The molecule has 2 rings (SSSR count). The number of aromatic nitrogens is 2. The topological polar surface area (TPSA) is 67.2 Å². The summed E-state index contributed by atoms with van der Waals surface area (Å²) in [6.07, 6.45) is 5.63. The Balaban J connectivity index is 2.14. The molecule has 0 radical (unpaired) electrons. The molecule has 106 valence electrons. The van der Waals surface area contributed by atoms with E-state index >= 15 is 0 Å². The summed E-state index contributed by atoms with van der Waals surface area (Å²) in [7, 11) is 1.80. The number of rotatable bonds is 3. The molecule has 0 saturated heterocycles. The molecule has 0 spiro atoms. The molecule has 1 aromatic rings. The number of amides is 1. The van der Waals surface area contributed by atoms with E-state index in [0.29, 0.717) is 11.5 Å². The van der Waals surface area contributed by atoms with Gasteiger partial charge in [0.2, 0.25) is 0 Å². The molecule has 5 nitrogen and oxygen atoms in total. The predicted octanol–water partition coefficient (Wildman–Crippen LogP) is 1.40. The van der Waals surface area contributed by atoms with Crippen LogP contribution in [0.25, 0.3) is 0 Å². The molecule has 19 heavy (non-hydrogen) atoms. The smallest absolute Gasteiger partial charge is 0.255 e. The summed E-state index contributed by atoms with van der Waals surface area (Å²) in [5.41, 5.74) is 0.849. The zero-order chi connectivity index (χ0) is 14.0. The first kappa shape index (κ1) is 14.1. The minimum Gasteiger partial charge on any atom is -0.394 e. The van der Waals surface area contributed by atoms with Gasteiger partial charge in [-0.1, -0.05) is 19.8 Å². The first-order valence-electron chi connectivity index (χ1n) is 6.89. The lowest BCUT2D eigenvalue weighted by Crippen LogP contribution is -2.53. The van der Waals surface area contributed by atoms with Crippen molar-refractivity contribution in [3.8, 4) is 0 Å². The highest BCUT2D eigenvalue weighted by Gasteiger charge is 2.36. The SMILES string of the molecule is Cc1nn(C)cc1C(=O)NC1(CO)CCCC(C)C1. The number of carbonyl (C=O) groups is 1. The van der Waals surface area contributed by atoms with Crippen LogP contribution >= 0.6 is 0 Å². The number of hydrogen-bond donors (Lipinski definition) is 2. The monoisotopic (exact) mass is 265 g/mol. The van der Waals surface area contributed by atoms with E-state index in [2.05, 4.69) is 17.3 Å². The van der Waals surface area contributed by atoms with Gasteiger partial charge in [0.05, 0.1) is 23.4 Å². The Morgan fingerprint density at radius 2 is 2.42 bits per heavy atom. The Kier molecular flexibility index (Phi) is 3.94. The van der Waals surface area contributed by atoms with Crippen LogP contribution in [0.15, 0.2) is 6.20 Å². The summed E-state index contributed by atoms with van der Waals surface area (Å²) in [6, 6.07) is 0. The fourth-order valence-electron chi connectivity index (χ4n) is 3.09. The molecule has 2 atom stereocenters. The lowest BCUT2D eigenvalue weighted by molar-refractivity contribution is 0.0696. The number of aliphatic hydroxyl groups is 1. The van der Waals surface area contributed by atoms with Crippen LogP contribution in [-0.2, 0) is 7.05 Å². The van der Waals surface area contributed by atoms with Gasteiger partial charge in [0, 0.05) is 13.2 Å². The number of nitrogens with one attached hydrogen (secondary N) is 1. The second-order valence-corrected chi connectivity index (χ2v) is 5.90. The van der Waals surface area contributed by atoms with Gasteiger partial charge >= 0.3 is 0 Å². The molecule has 1 aromatic heterocycles. The van der Waals surface area contributed by atoms with Crippen molar-refractivity contribution in [2.45, 2.75) is 45.1 Å². The molecule has 1 aliphatic rings. The van der Waals surface area contributed by atoms with Gasteiger partial charge < -0.3 is 10.4 Å². The summed E-state index contributed by atoms with van der Waals surface area (Å²) in [5.74, 6) is 0.407. The van der Waals surface area contributed by atoms with E-state index in [1.165, 1.54) is 6.42 Å². The van der Waals surface area contributed by atoms with Gasteiger partial charge in [-0.2, -0.15) is 5.10 Å². The maximum Gasteiger partial charge on any atom is 0.255 e. The van der Waals surface area contributed by atoms with Gasteiger partial charge in [-0.3, -0.25) is 9.48 Å². The second-order valence-electron chi connectivity index (χ2n) is 5.90. The van der Waals surface area contributed by atoms with E-state index in [1.54, 1.807) is 17.9 Å². The molecule has 0 aromatic carbocycles. The third-order valence-corrected chi connectivity index (χ3v) is 4.03. The van der Waals surface area contributed by atoms with E-state index in [9.17, 15) is 9.90 Å². The van der Waals surface area contributed by atoms with E-state index in [1.807, 2.05) is 6.92 Å². The van der Waals surface area contributed by atoms with Gasteiger partial charge in [0.25, 0.3) is 5.91 Å². The van der Waals surface area contributed by atoms with Crippen molar-refractivity contribution in [3.63, 3.8) is 0 Å². The molecule has 0 bridgehead atoms. The summed E-state index contributed by atoms with van der Waals surface area (Å²) >= 11 is 0. The minimum absolute atomic E-state index is 0.00237. The van der Waals surface area contributed by atoms with Crippen LogP contribution < -0.4 is 5.32 Å². The number of nitrogens with zero attached hydrogens (tertiary/aromatic N) is 2. The maximum atomic E-state index is 12.3. The van der Waals surface area contributed by atoms with E-state index in [4.69, 9.17) is 0 Å². The first-order valence-corrected chi connectivity index (χ1v) is 6.89. The van der Waals surface area contributed by atoms with Crippen LogP contribution in [0.1, 0.15) is 48.7 Å². The molecule has 0 aliphatic heterocycles. The number of carbonyl (C=O) groups excluding carboxylic acids is 1. The number of aryl methyl sites for hydroxylation is 2. The maximum absolute atomic E-state index is 12.3. The summed E-state index contributed by atoms with van der Waals surface area (Å²) in [5, 5.41) is 16.9. The van der Waals surface area contributed by atoms with Crippen molar-refractivity contribution in [1.29, 1.82) is 0 Å². The third kappa shape index (κ3) is 2.97. The van der Waals surface area contributed by atoms with Crippen molar-refractivity contribution in [2.24, 2.45) is 13.0 Å². The van der Waals surface area contributed by atoms with E-state index in [-0.39, 0.29) is 12.5 Å². The van der Waals surface area contributed by atoms with Gasteiger partial charge in [0.15, 0.2) is 0 Å². The minimum atomic E-state index is -0.461. The molecule has 2 unspecified atom stereocenters.